The summed E-state index contributed by atoms with van der Waals surface area (Å²) >= 11 is 0. The first-order valence-corrected chi connectivity index (χ1v) is 12.6. The van der Waals surface area contributed by atoms with E-state index < -0.39 is 10.0 Å². The number of carbonyl (C=O) groups is 1. The van der Waals surface area contributed by atoms with Crippen LogP contribution in [0.2, 0.25) is 0 Å². The molecule has 6 nitrogen and oxygen atoms in total. The predicted octanol–water partition coefficient (Wildman–Crippen LogP) is 2.76. The smallest absolute Gasteiger partial charge is 0.251 e. The van der Waals surface area contributed by atoms with Crippen LogP contribution in [-0.2, 0) is 16.4 Å². The van der Waals surface area contributed by atoms with Gasteiger partial charge in [0.25, 0.3) is 5.91 Å². The van der Waals surface area contributed by atoms with Crippen molar-refractivity contribution >= 4 is 26.7 Å². The van der Waals surface area contributed by atoms with Gasteiger partial charge in [-0.3, -0.25) is 4.79 Å². The molecule has 1 amide bonds. The van der Waals surface area contributed by atoms with Gasteiger partial charge in [-0.1, -0.05) is 66.7 Å². The summed E-state index contributed by atoms with van der Waals surface area (Å²) in [7, 11) is -3.40. The summed E-state index contributed by atoms with van der Waals surface area (Å²) in [5, 5.41) is 4.63. The number of hydrogen-bond acceptors (Lipinski definition) is 4. The number of hydrogen-bond donors (Lipinski definition) is 1. The summed E-state index contributed by atoms with van der Waals surface area (Å²) in [4.78, 5) is 14.9. The zero-order valence-electron chi connectivity index (χ0n) is 18.1. The van der Waals surface area contributed by atoms with Crippen molar-refractivity contribution in [2.24, 2.45) is 0 Å². The quantitative estimate of drug-likeness (QED) is 0.572. The Kier molecular flexibility index (Phi) is 7.19. The molecule has 32 heavy (non-hydrogen) atoms. The van der Waals surface area contributed by atoms with Crippen LogP contribution in [0.3, 0.4) is 0 Å². The molecule has 3 aromatic rings. The Bertz CT molecular complexity index is 1150. The van der Waals surface area contributed by atoms with Gasteiger partial charge in [-0.2, -0.15) is 4.31 Å². The van der Waals surface area contributed by atoms with Crippen LogP contribution < -0.4 is 5.32 Å². The Morgan fingerprint density at radius 3 is 2.31 bits per heavy atom. The molecule has 4 rings (SSSR count). The van der Waals surface area contributed by atoms with E-state index in [0.717, 1.165) is 36.8 Å². The molecule has 0 aromatic heterocycles. The van der Waals surface area contributed by atoms with E-state index in [4.69, 9.17) is 0 Å². The molecule has 0 radical (unpaired) electrons. The first kappa shape index (κ1) is 22.5. The normalized spacial score (nSPS) is 15.6. The highest BCUT2D eigenvalue weighted by Crippen LogP contribution is 2.18. The fraction of sp³-hybridized carbons (Fsp3) is 0.320. The summed E-state index contributed by atoms with van der Waals surface area (Å²) in [6.07, 6.45) is 0.966. The van der Waals surface area contributed by atoms with Gasteiger partial charge in [-0.15, -0.1) is 0 Å². The highest BCUT2D eigenvalue weighted by atomic mass is 32.2. The summed E-state index contributed by atoms with van der Waals surface area (Å²) in [5.41, 5.74) is 1.86. The maximum absolute atomic E-state index is 12.8. The Morgan fingerprint density at radius 1 is 0.844 bits per heavy atom. The fourth-order valence-electron chi connectivity index (χ4n) is 4.10. The maximum Gasteiger partial charge on any atom is 0.251 e. The molecular formula is C25H29N3O3S. The van der Waals surface area contributed by atoms with Gasteiger partial charge in [0.05, 0.1) is 5.75 Å². The fourth-order valence-corrected chi connectivity index (χ4v) is 5.44. The van der Waals surface area contributed by atoms with Crippen molar-refractivity contribution < 1.29 is 13.2 Å². The van der Waals surface area contributed by atoms with E-state index in [1.165, 1.54) is 5.56 Å². The number of nitrogens with zero attached hydrogens (tertiary/aromatic N) is 2. The van der Waals surface area contributed by atoms with E-state index in [1.807, 2.05) is 54.6 Å². The highest BCUT2D eigenvalue weighted by Gasteiger charge is 2.26. The summed E-state index contributed by atoms with van der Waals surface area (Å²) in [6.45, 7) is 3.48. The van der Waals surface area contributed by atoms with E-state index in [1.54, 1.807) is 10.4 Å². The Hall–Kier alpha value is -2.74. The highest BCUT2D eigenvalue weighted by molar-refractivity contribution is 7.89. The van der Waals surface area contributed by atoms with Gasteiger partial charge in [0.15, 0.2) is 0 Å². The molecule has 1 aliphatic heterocycles. The van der Waals surface area contributed by atoms with Crippen molar-refractivity contribution in [2.45, 2.75) is 6.42 Å². The van der Waals surface area contributed by atoms with Crippen molar-refractivity contribution in [3.63, 3.8) is 0 Å². The van der Waals surface area contributed by atoms with E-state index in [0.29, 0.717) is 18.7 Å². The Balaban J connectivity index is 1.24. The average Bonchev–Trinajstić information content (AvgIpc) is 2.83. The van der Waals surface area contributed by atoms with E-state index in [2.05, 4.69) is 22.3 Å². The lowest BCUT2D eigenvalue weighted by Gasteiger charge is -2.34. The van der Waals surface area contributed by atoms with Crippen LogP contribution in [-0.4, -0.2) is 68.6 Å². The van der Waals surface area contributed by atoms with Crippen molar-refractivity contribution in [3.05, 3.63) is 83.9 Å². The molecule has 1 heterocycles. The number of amides is 1. The lowest BCUT2D eigenvalue weighted by molar-refractivity contribution is 0.0957. The third-order valence-electron chi connectivity index (χ3n) is 5.96. The zero-order valence-corrected chi connectivity index (χ0v) is 18.9. The SMILES string of the molecule is O=C(NCCS(=O)(=O)N1CCN(CCc2ccccc2)CC1)c1cccc2ccccc12. The second-order valence-corrected chi connectivity index (χ2v) is 10.2. The van der Waals surface area contributed by atoms with E-state index in [9.17, 15) is 13.2 Å². The van der Waals surface area contributed by atoms with Crippen LogP contribution in [0.4, 0.5) is 0 Å². The van der Waals surface area contributed by atoms with Gasteiger partial charge in [-0.05, 0) is 28.8 Å². The molecule has 1 fully saturated rings. The number of fused-ring (bicyclic) bond motifs is 1. The minimum absolute atomic E-state index is 0.0898. The third-order valence-corrected chi connectivity index (χ3v) is 7.84. The molecule has 0 atom stereocenters. The lowest BCUT2D eigenvalue weighted by atomic mass is 10.0. The molecule has 1 N–H and O–H groups in total. The average molecular weight is 452 g/mol. The molecule has 1 saturated heterocycles. The van der Waals surface area contributed by atoms with Gasteiger partial charge >= 0.3 is 0 Å². The van der Waals surface area contributed by atoms with Gasteiger partial charge in [0.1, 0.15) is 0 Å². The Morgan fingerprint density at radius 2 is 1.53 bits per heavy atom. The second-order valence-electron chi connectivity index (χ2n) is 8.07. The molecule has 0 aliphatic carbocycles. The monoisotopic (exact) mass is 451 g/mol. The number of rotatable bonds is 8. The molecule has 0 bridgehead atoms. The van der Waals surface area contributed by atoms with Crippen LogP contribution in [0.25, 0.3) is 10.8 Å². The number of nitrogens with one attached hydrogen (secondary N) is 1. The topological polar surface area (TPSA) is 69.7 Å². The standard InChI is InChI=1S/C25H29N3O3S/c29-25(24-12-6-10-22-9-4-5-11-23(22)24)26-14-20-32(30,31)28-18-16-27(17-19-28)15-13-21-7-2-1-3-8-21/h1-12H,13-20H2,(H,26,29). The van der Waals surface area contributed by atoms with Crippen LogP contribution >= 0.6 is 0 Å². The number of piperazine rings is 1. The molecule has 3 aromatic carbocycles. The van der Waals surface area contributed by atoms with Crippen molar-refractivity contribution in [1.29, 1.82) is 0 Å². The van der Waals surface area contributed by atoms with Crippen molar-refractivity contribution in [1.82, 2.24) is 14.5 Å². The minimum Gasteiger partial charge on any atom is -0.351 e. The van der Waals surface area contributed by atoms with Gasteiger partial charge < -0.3 is 10.2 Å². The van der Waals surface area contributed by atoms with Gasteiger partial charge in [-0.25, -0.2) is 8.42 Å². The summed E-state index contributed by atoms with van der Waals surface area (Å²) in [5.74, 6) is -0.337. The maximum atomic E-state index is 12.8. The zero-order chi connectivity index (χ0) is 22.4. The number of benzene rings is 3. The van der Waals surface area contributed by atoms with Crippen LogP contribution in [0.15, 0.2) is 72.8 Å². The van der Waals surface area contributed by atoms with E-state index >= 15 is 0 Å². The van der Waals surface area contributed by atoms with Gasteiger partial charge in [0.2, 0.25) is 10.0 Å². The van der Waals surface area contributed by atoms with Crippen LogP contribution in [0.5, 0.6) is 0 Å². The van der Waals surface area contributed by atoms with Gasteiger partial charge in [0, 0.05) is 44.8 Å². The number of carbonyl (C=O) groups excluding carboxylic acids is 1. The molecule has 7 heteroatoms. The van der Waals surface area contributed by atoms with Crippen molar-refractivity contribution in [2.75, 3.05) is 45.0 Å². The summed E-state index contributed by atoms with van der Waals surface area (Å²) in [6, 6.07) is 23.6. The van der Waals surface area contributed by atoms with Crippen molar-refractivity contribution in [3.8, 4) is 0 Å². The number of sulfonamides is 1. The molecular weight excluding hydrogens is 422 g/mol. The molecule has 0 saturated carbocycles. The Labute approximate surface area is 189 Å². The lowest BCUT2D eigenvalue weighted by Crippen LogP contribution is -2.50. The molecule has 1 aliphatic rings. The first-order valence-electron chi connectivity index (χ1n) is 11.0. The summed E-state index contributed by atoms with van der Waals surface area (Å²) < 4.78 is 27.1. The molecule has 0 spiro atoms. The molecule has 168 valence electrons. The molecule has 0 unspecified atom stereocenters. The second kappa shape index (κ2) is 10.3. The first-order chi connectivity index (χ1) is 15.5. The van der Waals surface area contributed by atoms with Crippen LogP contribution in [0, 0.1) is 0 Å². The van der Waals surface area contributed by atoms with E-state index in [-0.39, 0.29) is 18.2 Å². The largest absolute Gasteiger partial charge is 0.351 e. The van der Waals surface area contributed by atoms with Crippen LogP contribution in [0.1, 0.15) is 15.9 Å². The minimum atomic E-state index is -3.40. The predicted molar refractivity (Wildman–Crippen MR) is 128 cm³/mol. The third kappa shape index (κ3) is 5.54.